The molecule has 0 radical (unpaired) electrons. The summed E-state index contributed by atoms with van der Waals surface area (Å²) in [5, 5.41) is 45.2. The van der Waals surface area contributed by atoms with Crippen LogP contribution >= 0.6 is 0 Å². The molecule has 24 heavy (non-hydrogen) atoms. The van der Waals surface area contributed by atoms with Crippen LogP contribution in [-0.4, -0.2) is 26.5 Å². The Labute approximate surface area is 137 Å². The zero-order valence-electron chi connectivity index (χ0n) is 12.7. The maximum atomic E-state index is 10.6. The van der Waals surface area contributed by atoms with Crippen molar-refractivity contribution in [1.29, 1.82) is 0 Å². The van der Waals surface area contributed by atoms with Crippen LogP contribution in [0.2, 0.25) is 0 Å². The van der Waals surface area contributed by atoms with E-state index in [0.717, 1.165) is 27.1 Å². The first kappa shape index (κ1) is 14.1. The summed E-state index contributed by atoms with van der Waals surface area (Å²) in [6.07, 6.45) is -0.650. The van der Waals surface area contributed by atoms with Gasteiger partial charge in [-0.15, -0.1) is 0 Å². The van der Waals surface area contributed by atoms with E-state index in [1.165, 1.54) is 0 Å². The molecule has 2 aliphatic rings. The molecule has 0 aliphatic heterocycles. The monoisotopic (exact) mass is 320 g/mol. The van der Waals surface area contributed by atoms with Crippen molar-refractivity contribution in [2.45, 2.75) is 24.4 Å². The normalized spacial score (nSPS) is 27.8. The van der Waals surface area contributed by atoms with Gasteiger partial charge in [0.2, 0.25) is 0 Å². The zero-order valence-corrected chi connectivity index (χ0v) is 12.7. The van der Waals surface area contributed by atoms with Gasteiger partial charge in [-0.3, -0.25) is 0 Å². The van der Waals surface area contributed by atoms with Gasteiger partial charge in [-0.1, -0.05) is 42.5 Å². The van der Waals surface area contributed by atoms with Crippen LogP contribution in [-0.2, 0) is 0 Å². The van der Waals surface area contributed by atoms with E-state index in [0.29, 0.717) is 16.7 Å². The highest BCUT2D eigenvalue weighted by Crippen LogP contribution is 2.48. The average Bonchev–Trinajstić information content (AvgIpc) is 2.60. The van der Waals surface area contributed by atoms with Crippen molar-refractivity contribution in [3.05, 3.63) is 64.7 Å². The minimum Gasteiger partial charge on any atom is -0.386 e. The van der Waals surface area contributed by atoms with Crippen LogP contribution in [0.5, 0.6) is 0 Å². The van der Waals surface area contributed by atoms with E-state index in [-0.39, 0.29) is 0 Å². The lowest BCUT2D eigenvalue weighted by atomic mass is 9.78. The highest BCUT2D eigenvalue weighted by atomic mass is 16.3. The fraction of sp³-hybridized carbons (Fsp3) is 0.200. The van der Waals surface area contributed by atoms with Crippen molar-refractivity contribution < 1.29 is 20.4 Å². The van der Waals surface area contributed by atoms with E-state index in [4.69, 9.17) is 0 Å². The molecule has 0 unspecified atom stereocenters. The molecule has 0 spiro atoms. The number of hydrogen-bond acceptors (Lipinski definition) is 4. The maximum Gasteiger partial charge on any atom is 0.110 e. The predicted molar refractivity (Wildman–Crippen MR) is 91.4 cm³/mol. The Morgan fingerprint density at radius 2 is 1.54 bits per heavy atom. The molecular weight excluding hydrogens is 304 g/mol. The molecule has 2 aliphatic carbocycles. The Morgan fingerprint density at radius 1 is 0.750 bits per heavy atom. The van der Waals surface area contributed by atoms with E-state index in [1.807, 2.05) is 36.4 Å². The first-order valence-corrected chi connectivity index (χ1v) is 8.00. The summed E-state index contributed by atoms with van der Waals surface area (Å²) in [4.78, 5) is 0. The Kier molecular flexibility index (Phi) is 2.74. The number of benzene rings is 3. The zero-order chi connectivity index (χ0) is 16.6. The summed E-state index contributed by atoms with van der Waals surface area (Å²) in [6, 6.07) is 11.3. The van der Waals surface area contributed by atoms with E-state index in [2.05, 4.69) is 0 Å². The predicted octanol–water partition coefficient (Wildman–Crippen LogP) is 2.49. The van der Waals surface area contributed by atoms with Crippen LogP contribution in [0.1, 0.15) is 40.6 Å². The van der Waals surface area contributed by atoms with Gasteiger partial charge in [0.1, 0.15) is 24.4 Å². The number of aliphatic hydroxyl groups excluding tert-OH is 4. The molecule has 5 rings (SSSR count). The van der Waals surface area contributed by atoms with Gasteiger partial charge < -0.3 is 20.4 Å². The molecule has 4 heteroatoms. The number of hydrogen-bond donors (Lipinski definition) is 4. The molecule has 0 fully saturated rings. The van der Waals surface area contributed by atoms with Crippen molar-refractivity contribution in [1.82, 2.24) is 0 Å². The van der Waals surface area contributed by atoms with Crippen molar-refractivity contribution in [2.24, 2.45) is 0 Å². The number of aliphatic hydroxyl groups is 4. The topological polar surface area (TPSA) is 80.9 Å². The Hall–Kier alpha value is -2.24. The van der Waals surface area contributed by atoms with Crippen molar-refractivity contribution in [3.8, 4) is 0 Å². The lowest BCUT2D eigenvalue weighted by Crippen LogP contribution is -2.22. The minimum atomic E-state index is -1.02. The second-order valence-corrected chi connectivity index (χ2v) is 6.59. The summed E-state index contributed by atoms with van der Waals surface area (Å²) in [5.41, 5.74) is 2.79. The van der Waals surface area contributed by atoms with E-state index in [9.17, 15) is 20.4 Å². The highest BCUT2D eigenvalue weighted by molar-refractivity contribution is 6.13. The summed E-state index contributed by atoms with van der Waals surface area (Å²) in [5.74, 6) is 0. The summed E-state index contributed by atoms with van der Waals surface area (Å²) in [6.45, 7) is 0. The molecule has 4 N–H and O–H groups in total. The molecule has 4 nitrogen and oxygen atoms in total. The molecule has 4 atom stereocenters. The van der Waals surface area contributed by atoms with Gasteiger partial charge >= 0.3 is 0 Å². The molecule has 0 amide bonds. The van der Waals surface area contributed by atoms with Crippen LogP contribution < -0.4 is 0 Å². The van der Waals surface area contributed by atoms with Crippen LogP contribution in [0.15, 0.2) is 42.5 Å². The van der Waals surface area contributed by atoms with Gasteiger partial charge in [0, 0.05) is 0 Å². The Balaban J connectivity index is 2.03. The van der Waals surface area contributed by atoms with E-state index < -0.39 is 24.4 Å². The highest BCUT2D eigenvalue weighted by Gasteiger charge is 2.33. The molecule has 0 saturated heterocycles. The summed E-state index contributed by atoms with van der Waals surface area (Å²) >= 11 is 0. The Bertz CT molecular complexity index is 1040. The average molecular weight is 320 g/mol. The van der Waals surface area contributed by atoms with Crippen LogP contribution in [0.25, 0.3) is 27.6 Å². The minimum absolute atomic E-state index is 0.661. The van der Waals surface area contributed by atoms with Crippen molar-refractivity contribution >= 4 is 27.6 Å². The Morgan fingerprint density at radius 3 is 2.38 bits per heavy atom. The van der Waals surface area contributed by atoms with Gasteiger partial charge in [-0.2, -0.15) is 0 Å². The standard InChI is InChI=1S/C20H16O4/c21-14-7-5-10-8-13-17-11(16(10)20(14)24)6-4-9-2-1-3-12(15(9)17)18(22)19(13)23/h1-8,14,18-24H/t14-,18-,19-,20+/m0/s1. The molecule has 120 valence electrons. The smallest absolute Gasteiger partial charge is 0.110 e. The fourth-order valence-electron chi connectivity index (χ4n) is 4.17. The maximum absolute atomic E-state index is 10.6. The van der Waals surface area contributed by atoms with Crippen molar-refractivity contribution in [3.63, 3.8) is 0 Å². The molecule has 0 saturated carbocycles. The van der Waals surface area contributed by atoms with Crippen LogP contribution in [0.4, 0.5) is 0 Å². The quantitative estimate of drug-likeness (QED) is 0.480. The fourth-order valence-corrected chi connectivity index (χ4v) is 4.17. The van der Waals surface area contributed by atoms with E-state index in [1.54, 1.807) is 12.2 Å². The van der Waals surface area contributed by atoms with Gasteiger partial charge in [-0.25, -0.2) is 0 Å². The second-order valence-electron chi connectivity index (χ2n) is 6.59. The third-order valence-electron chi connectivity index (χ3n) is 5.31. The first-order chi connectivity index (χ1) is 11.6. The van der Waals surface area contributed by atoms with Crippen molar-refractivity contribution in [2.75, 3.05) is 0 Å². The molecule has 0 aromatic heterocycles. The number of fused-ring (bicyclic) bond motifs is 2. The largest absolute Gasteiger partial charge is 0.386 e. The molecular formula is C20H16O4. The van der Waals surface area contributed by atoms with Crippen LogP contribution in [0.3, 0.4) is 0 Å². The van der Waals surface area contributed by atoms with E-state index >= 15 is 0 Å². The second kappa shape index (κ2) is 4.65. The molecule has 0 heterocycles. The lowest BCUT2D eigenvalue weighted by Gasteiger charge is -2.31. The molecule has 0 bridgehead atoms. The third-order valence-corrected chi connectivity index (χ3v) is 5.31. The third kappa shape index (κ3) is 1.61. The van der Waals surface area contributed by atoms with Gasteiger partial charge in [0.05, 0.1) is 0 Å². The summed E-state index contributed by atoms with van der Waals surface area (Å²) < 4.78 is 0. The first-order valence-electron chi connectivity index (χ1n) is 8.00. The van der Waals surface area contributed by atoms with Crippen LogP contribution in [0, 0.1) is 0 Å². The summed E-state index contributed by atoms with van der Waals surface area (Å²) in [7, 11) is 0. The lowest BCUT2D eigenvalue weighted by molar-refractivity contribution is 0.0177. The van der Waals surface area contributed by atoms with Gasteiger partial charge in [0.25, 0.3) is 0 Å². The molecule has 3 aromatic carbocycles. The number of rotatable bonds is 0. The SMILES string of the molecule is O[C@H]1C=Cc2cc3c4c(ccc5cccc(c54)[C@H](O)[C@H]3O)c2[C@@H]1O. The van der Waals surface area contributed by atoms with Gasteiger partial charge in [-0.05, 0) is 49.9 Å². The molecule has 3 aromatic rings. The van der Waals surface area contributed by atoms with Gasteiger partial charge in [0.15, 0.2) is 0 Å².